The highest BCUT2D eigenvalue weighted by Crippen LogP contribution is 2.33. The van der Waals surface area contributed by atoms with Crippen LogP contribution < -0.4 is 5.32 Å². The molecule has 0 aliphatic rings. The molecule has 1 rings (SSSR count). The van der Waals surface area contributed by atoms with Crippen molar-refractivity contribution in [2.45, 2.75) is 6.18 Å². The summed E-state index contributed by atoms with van der Waals surface area (Å²) in [6.45, 7) is -0.499. The van der Waals surface area contributed by atoms with Crippen LogP contribution in [0.25, 0.3) is 0 Å². The van der Waals surface area contributed by atoms with Crippen LogP contribution in [0.15, 0.2) is 18.2 Å². The summed E-state index contributed by atoms with van der Waals surface area (Å²) in [6, 6.07) is 2.66. The molecule has 3 nitrogen and oxygen atoms in total. The molecule has 1 aromatic rings. The van der Waals surface area contributed by atoms with Crippen molar-refractivity contribution >= 4 is 23.3 Å². The molecule has 0 saturated carbocycles. The fourth-order valence-corrected chi connectivity index (χ4v) is 1.19. The third kappa shape index (κ3) is 3.30. The van der Waals surface area contributed by atoms with E-state index in [1.165, 1.54) is 0 Å². The number of alkyl halides is 3. The lowest BCUT2D eigenvalue weighted by Gasteiger charge is -2.11. The van der Waals surface area contributed by atoms with E-state index in [1.807, 2.05) is 0 Å². The molecule has 1 aromatic carbocycles. The smallest absolute Gasteiger partial charge is 0.416 e. The van der Waals surface area contributed by atoms with Gasteiger partial charge in [-0.3, -0.25) is 4.79 Å². The number of anilines is 1. The lowest BCUT2D eigenvalue weighted by molar-refractivity contribution is -0.137. The summed E-state index contributed by atoms with van der Waals surface area (Å²) < 4.78 is 36.9. The first-order valence-corrected chi connectivity index (χ1v) is 4.51. The van der Waals surface area contributed by atoms with Gasteiger partial charge in [0.25, 0.3) is 0 Å². The van der Waals surface area contributed by atoms with E-state index in [2.05, 4.69) is 5.32 Å². The van der Waals surface area contributed by atoms with Gasteiger partial charge in [-0.15, -0.1) is 0 Å². The predicted molar refractivity (Wildman–Crippen MR) is 52.6 cm³/mol. The fourth-order valence-electron chi connectivity index (χ4n) is 1.01. The predicted octanol–water partition coefficient (Wildman–Crippen LogP) is 2.86. The number of nitrogens with one attached hydrogen (secondary N) is 1. The van der Waals surface area contributed by atoms with E-state index >= 15 is 0 Å². The van der Waals surface area contributed by atoms with E-state index in [4.69, 9.17) is 16.7 Å². The number of rotatable bonds is 3. The summed E-state index contributed by atoms with van der Waals surface area (Å²) in [4.78, 5) is 10.2. The van der Waals surface area contributed by atoms with E-state index in [0.29, 0.717) is 0 Å². The third-order valence-electron chi connectivity index (χ3n) is 1.72. The van der Waals surface area contributed by atoms with Gasteiger partial charge in [0.2, 0.25) is 0 Å². The standard InChI is InChI=1S/C9H7ClF3NO2/c10-6-2-1-5(9(11,12)13)3-7(6)14-4-8(15)16/h1-3,14H,4H2,(H,15,16). The van der Waals surface area contributed by atoms with Crippen LogP contribution in [0, 0.1) is 0 Å². The van der Waals surface area contributed by atoms with Crippen molar-refractivity contribution in [1.82, 2.24) is 0 Å². The summed E-state index contributed by atoms with van der Waals surface area (Å²) >= 11 is 5.61. The van der Waals surface area contributed by atoms with Crippen LogP contribution >= 0.6 is 11.6 Å². The van der Waals surface area contributed by atoms with Crippen LogP contribution in [-0.4, -0.2) is 17.6 Å². The molecule has 0 amide bonds. The number of halogens is 4. The maximum atomic E-state index is 12.3. The summed E-state index contributed by atoms with van der Waals surface area (Å²) in [7, 11) is 0. The maximum absolute atomic E-state index is 12.3. The first-order chi connectivity index (χ1) is 7.30. The first-order valence-electron chi connectivity index (χ1n) is 4.13. The SMILES string of the molecule is O=C(O)CNc1cc(C(F)(F)F)ccc1Cl. The Morgan fingerprint density at radius 2 is 2.06 bits per heavy atom. The minimum Gasteiger partial charge on any atom is -0.480 e. The van der Waals surface area contributed by atoms with E-state index in [9.17, 15) is 18.0 Å². The highest BCUT2D eigenvalue weighted by Gasteiger charge is 2.30. The number of carboxylic acids is 1. The minimum absolute atomic E-state index is 0.0363. The zero-order chi connectivity index (χ0) is 12.3. The molecule has 88 valence electrons. The van der Waals surface area contributed by atoms with E-state index in [0.717, 1.165) is 18.2 Å². The van der Waals surface area contributed by atoms with Gasteiger partial charge in [-0.2, -0.15) is 13.2 Å². The number of carboxylic acid groups (broad SMARTS) is 1. The average Bonchev–Trinajstić information content (AvgIpc) is 2.14. The molecule has 2 N–H and O–H groups in total. The Hall–Kier alpha value is -1.43. The summed E-state index contributed by atoms with van der Waals surface area (Å²) in [5.41, 5.74) is -0.941. The minimum atomic E-state index is -4.48. The molecule has 16 heavy (non-hydrogen) atoms. The van der Waals surface area contributed by atoms with Gasteiger partial charge in [-0.05, 0) is 18.2 Å². The van der Waals surface area contributed by atoms with Gasteiger partial charge in [0.05, 0.1) is 16.3 Å². The molecule has 0 saturated heterocycles. The first kappa shape index (κ1) is 12.6. The second-order valence-electron chi connectivity index (χ2n) is 2.94. The van der Waals surface area contributed by atoms with Crippen LogP contribution in [0.1, 0.15) is 5.56 Å². The van der Waals surface area contributed by atoms with Gasteiger partial charge in [0, 0.05) is 0 Å². The van der Waals surface area contributed by atoms with Gasteiger partial charge in [-0.1, -0.05) is 11.6 Å². The molecule has 0 aliphatic heterocycles. The van der Waals surface area contributed by atoms with Gasteiger partial charge in [0.15, 0.2) is 0 Å². The maximum Gasteiger partial charge on any atom is 0.416 e. The van der Waals surface area contributed by atoms with Crippen LogP contribution in [0.4, 0.5) is 18.9 Å². The number of hydrogen-bond donors (Lipinski definition) is 2. The van der Waals surface area contributed by atoms with E-state index in [-0.39, 0.29) is 10.7 Å². The van der Waals surface area contributed by atoms with Crippen molar-refractivity contribution in [3.8, 4) is 0 Å². The number of hydrogen-bond acceptors (Lipinski definition) is 2. The van der Waals surface area contributed by atoms with Crippen molar-refractivity contribution in [2.24, 2.45) is 0 Å². The highest BCUT2D eigenvalue weighted by molar-refractivity contribution is 6.33. The monoisotopic (exact) mass is 253 g/mol. The van der Waals surface area contributed by atoms with Crippen molar-refractivity contribution in [3.63, 3.8) is 0 Å². The lowest BCUT2D eigenvalue weighted by atomic mass is 10.2. The normalized spacial score (nSPS) is 11.2. The average molecular weight is 254 g/mol. The molecular weight excluding hydrogens is 247 g/mol. The molecule has 0 radical (unpaired) electrons. The summed E-state index contributed by atoms with van der Waals surface area (Å²) in [6.07, 6.45) is -4.48. The Morgan fingerprint density at radius 1 is 1.44 bits per heavy atom. The molecule has 0 heterocycles. The van der Waals surface area contributed by atoms with Gasteiger partial charge in [-0.25, -0.2) is 0 Å². The lowest BCUT2D eigenvalue weighted by Crippen LogP contribution is -2.13. The molecule has 0 bridgehead atoms. The van der Waals surface area contributed by atoms with Crippen molar-refractivity contribution in [1.29, 1.82) is 0 Å². The van der Waals surface area contributed by atoms with Crippen LogP contribution in [-0.2, 0) is 11.0 Å². The third-order valence-corrected chi connectivity index (χ3v) is 2.05. The van der Waals surface area contributed by atoms with Crippen LogP contribution in [0.3, 0.4) is 0 Å². The highest BCUT2D eigenvalue weighted by atomic mass is 35.5. The quantitative estimate of drug-likeness (QED) is 0.871. The molecule has 0 unspecified atom stereocenters. The second kappa shape index (κ2) is 4.61. The Balaban J connectivity index is 2.95. The van der Waals surface area contributed by atoms with Gasteiger partial charge in [0.1, 0.15) is 6.54 Å². The zero-order valence-corrected chi connectivity index (χ0v) is 8.56. The Kier molecular flexibility index (Phi) is 3.64. The molecule has 0 spiro atoms. The Bertz CT molecular complexity index is 406. The largest absolute Gasteiger partial charge is 0.480 e. The summed E-state index contributed by atoms with van der Waals surface area (Å²) in [5.74, 6) is -1.19. The van der Waals surface area contributed by atoms with Crippen molar-refractivity contribution in [2.75, 3.05) is 11.9 Å². The van der Waals surface area contributed by atoms with Crippen LogP contribution in [0.2, 0.25) is 5.02 Å². The zero-order valence-electron chi connectivity index (χ0n) is 7.81. The molecule has 0 fully saturated rings. The number of aliphatic carboxylic acids is 1. The number of benzene rings is 1. The molecule has 0 aromatic heterocycles. The molecule has 0 aliphatic carbocycles. The number of carbonyl (C=O) groups is 1. The summed E-state index contributed by atoms with van der Waals surface area (Å²) in [5, 5.41) is 10.7. The van der Waals surface area contributed by atoms with Crippen LogP contribution in [0.5, 0.6) is 0 Å². The molecule has 0 atom stereocenters. The Labute approximate surface area is 93.8 Å². The fraction of sp³-hybridized carbons (Fsp3) is 0.222. The Morgan fingerprint density at radius 3 is 2.56 bits per heavy atom. The van der Waals surface area contributed by atoms with Crippen molar-refractivity contribution in [3.05, 3.63) is 28.8 Å². The van der Waals surface area contributed by atoms with E-state index in [1.54, 1.807) is 0 Å². The van der Waals surface area contributed by atoms with Gasteiger partial charge < -0.3 is 10.4 Å². The van der Waals surface area contributed by atoms with Crippen molar-refractivity contribution < 1.29 is 23.1 Å². The van der Waals surface area contributed by atoms with E-state index < -0.39 is 24.3 Å². The molecule has 7 heteroatoms. The second-order valence-corrected chi connectivity index (χ2v) is 3.35. The molecular formula is C9H7ClF3NO2. The topological polar surface area (TPSA) is 49.3 Å². The van der Waals surface area contributed by atoms with Gasteiger partial charge >= 0.3 is 12.1 Å².